The summed E-state index contributed by atoms with van der Waals surface area (Å²) < 4.78 is 17.0. The lowest BCUT2D eigenvalue weighted by molar-refractivity contribution is -0.167. The zero-order valence-corrected chi connectivity index (χ0v) is 55.2. The molecule has 0 aliphatic carbocycles. The first kappa shape index (κ1) is 79.6. The van der Waals surface area contributed by atoms with Gasteiger partial charge in [0.15, 0.2) is 6.10 Å². The molecule has 0 saturated heterocycles. The maximum Gasteiger partial charge on any atom is 0.306 e. The van der Waals surface area contributed by atoms with Crippen molar-refractivity contribution in [2.24, 2.45) is 0 Å². The van der Waals surface area contributed by atoms with Gasteiger partial charge in [-0.1, -0.05) is 356 Å². The molecule has 1 unspecified atom stereocenters. The Hall–Kier alpha value is -3.41. The number of esters is 3. The number of hydrogen-bond donors (Lipinski definition) is 0. The number of unbranched alkanes of at least 4 members (excludes halogenated alkanes) is 41. The highest BCUT2D eigenvalue weighted by Crippen LogP contribution is 2.18. The van der Waals surface area contributed by atoms with Crippen molar-refractivity contribution in [1.82, 2.24) is 0 Å². The molecule has 480 valence electrons. The molecule has 0 aliphatic heterocycles. The van der Waals surface area contributed by atoms with E-state index in [-0.39, 0.29) is 31.1 Å². The monoisotopic (exact) mass is 1160 g/mol. The third-order valence-corrected chi connectivity index (χ3v) is 15.9. The molecule has 0 amide bonds. The highest BCUT2D eigenvalue weighted by atomic mass is 16.6. The van der Waals surface area contributed by atoms with Crippen molar-refractivity contribution >= 4 is 17.9 Å². The van der Waals surface area contributed by atoms with Gasteiger partial charge in [0.2, 0.25) is 0 Å². The molecule has 0 aromatic rings. The summed E-state index contributed by atoms with van der Waals surface area (Å²) in [6.07, 6.45) is 94.6. The van der Waals surface area contributed by atoms with E-state index < -0.39 is 6.10 Å². The van der Waals surface area contributed by atoms with Crippen molar-refractivity contribution < 1.29 is 28.6 Å². The Morgan fingerprint density at radius 1 is 0.253 bits per heavy atom. The van der Waals surface area contributed by atoms with Gasteiger partial charge < -0.3 is 14.2 Å². The minimum atomic E-state index is -0.780. The topological polar surface area (TPSA) is 78.9 Å². The molecule has 83 heavy (non-hydrogen) atoms. The fourth-order valence-corrected chi connectivity index (χ4v) is 10.5. The van der Waals surface area contributed by atoms with Gasteiger partial charge in [0.25, 0.3) is 0 Å². The van der Waals surface area contributed by atoms with Gasteiger partial charge in [-0.3, -0.25) is 14.4 Å². The van der Waals surface area contributed by atoms with Crippen molar-refractivity contribution in [3.05, 3.63) is 85.1 Å². The zero-order valence-electron chi connectivity index (χ0n) is 55.2. The van der Waals surface area contributed by atoms with E-state index in [4.69, 9.17) is 14.2 Å². The fraction of sp³-hybridized carbons (Fsp3) is 0.779. The molecular formula is C77H136O6. The molecule has 0 saturated carbocycles. The lowest BCUT2D eigenvalue weighted by atomic mass is 10.0. The van der Waals surface area contributed by atoms with Crippen LogP contribution in [-0.2, 0) is 28.6 Å². The van der Waals surface area contributed by atoms with E-state index in [1.54, 1.807) is 0 Å². The van der Waals surface area contributed by atoms with Gasteiger partial charge in [-0.25, -0.2) is 0 Å². The van der Waals surface area contributed by atoms with Crippen LogP contribution in [-0.4, -0.2) is 37.2 Å². The van der Waals surface area contributed by atoms with Crippen LogP contribution < -0.4 is 0 Å². The molecule has 0 bridgehead atoms. The van der Waals surface area contributed by atoms with Gasteiger partial charge in [-0.05, 0) is 77.0 Å². The van der Waals surface area contributed by atoms with Gasteiger partial charge in [0, 0.05) is 19.3 Å². The Morgan fingerprint density at radius 2 is 0.470 bits per heavy atom. The number of rotatable bonds is 66. The van der Waals surface area contributed by atoms with E-state index in [2.05, 4.69) is 106 Å². The minimum Gasteiger partial charge on any atom is -0.462 e. The molecule has 0 fully saturated rings. The van der Waals surface area contributed by atoms with E-state index >= 15 is 0 Å². The van der Waals surface area contributed by atoms with Gasteiger partial charge >= 0.3 is 17.9 Å². The highest BCUT2D eigenvalue weighted by molar-refractivity contribution is 5.71. The second-order valence-electron chi connectivity index (χ2n) is 24.1. The van der Waals surface area contributed by atoms with Crippen molar-refractivity contribution in [1.29, 1.82) is 0 Å². The Morgan fingerprint density at radius 3 is 0.735 bits per heavy atom. The van der Waals surface area contributed by atoms with E-state index in [0.29, 0.717) is 19.3 Å². The first-order valence-corrected chi connectivity index (χ1v) is 36.1. The lowest BCUT2D eigenvalue weighted by Crippen LogP contribution is -2.30. The Kier molecular flexibility index (Phi) is 68.2. The number of allylic oxidation sites excluding steroid dienone is 14. The van der Waals surface area contributed by atoms with Gasteiger partial charge in [-0.15, -0.1) is 0 Å². The minimum absolute atomic E-state index is 0.0741. The van der Waals surface area contributed by atoms with E-state index in [1.165, 1.54) is 218 Å². The first-order valence-electron chi connectivity index (χ1n) is 36.1. The van der Waals surface area contributed by atoms with Crippen LogP contribution in [0.3, 0.4) is 0 Å². The average molecular weight is 1160 g/mol. The van der Waals surface area contributed by atoms with Gasteiger partial charge in [0.05, 0.1) is 0 Å². The van der Waals surface area contributed by atoms with E-state index in [0.717, 1.165) is 109 Å². The second kappa shape index (κ2) is 71.1. The first-order chi connectivity index (χ1) is 41.0. The van der Waals surface area contributed by atoms with Crippen molar-refractivity contribution in [2.75, 3.05) is 13.2 Å². The Balaban J connectivity index is 4.34. The number of carbonyl (C=O) groups excluding carboxylic acids is 3. The standard InChI is InChI=1S/C77H136O6/c1-4-7-10-13-16-19-22-25-28-31-34-35-36-37-38-39-40-41-42-43-44-47-49-52-55-58-61-64-67-70-76(79)82-73-74(83-77(80)71-68-65-62-59-56-53-50-46-33-30-27-24-21-18-15-12-9-6-3)72-81-75(78)69-66-63-60-57-54-51-48-45-32-29-26-23-20-17-14-11-8-5-2/h7,10,16,19,25,28,34-35,37-38,40-41,43-44,74H,4-6,8-9,11-15,17-18,20-24,26-27,29-33,36,39,42,45-73H2,1-3H3/b10-7-,19-16-,28-25-,35-34-,38-37-,41-40-,44-43-. The molecule has 0 spiro atoms. The molecule has 0 rings (SSSR count). The summed E-state index contributed by atoms with van der Waals surface area (Å²) in [7, 11) is 0. The predicted molar refractivity (Wildman–Crippen MR) is 362 cm³/mol. The SMILES string of the molecule is CC/C=C\C/C=C\C/C=C\C/C=C\C/C=C\C/C=C\C/C=C\CCCCCCCCCC(=O)OCC(COC(=O)CCCCCCCCCCCCCCCCCCCC)OC(=O)CCCCCCCCCCCCCCCCCCCC. The van der Waals surface area contributed by atoms with Gasteiger partial charge in [-0.2, -0.15) is 0 Å². The third kappa shape index (κ3) is 69.3. The maximum atomic E-state index is 13.0. The Labute approximate surface area is 515 Å². The van der Waals surface area contributed by atoms with E-state index in [1.807, 2.05) is 0 Å². The molecule has 0 radical (unpaired) electrons. The van der Waals surface area contributed by atoms with Crippen LogP contribution in [0, 0.1) is 0 Å². The van der Waals surface area contributed by atoms with Crippen LogP contribution in [0.4, 0.5) is 0 Å². The van der Waals surface area contributed by atoms with Crippen molar-refractivity contribution in [3.63, 3.8) is 0 Å². The summed E-state index contributed by atoms with van der Waals surface area (Å²) in [4.78, 5) is 38.5. The summed E-state index contributed by atoms with van der Waals surface area (Å²) in [6.45, 7) is 6.58. The van der Waals surface area contributed by atoms with Crippen LogP contribution in [0.15, 0.2) is 85.1 Å². The summed E-state index contributed by atoms with van der Waals surface area (Å²) in [6, 6.07) is 0. The number of ether oxygens (including phenoxy) is 3. The van der Waals surface area contributed by atoms with Gasteiger partial charge in [0.1, 0.15) is 13.2 Å². The molecular weight excluding hydrogens is 1020 g/mol. The molecule has 0 aromatic carbocycles. The molecule has 0 N–H and O–H groups in total. The predicted octanol–water partition coefficient (Wildman–Crippen LogP) is 25.0. The Bertz CT molecular complexity index is 1570. The van der Waals surface area contributed by atoms with Crippen LogP contribution in [0.1, 0.15) is 367 Å². The number of hydrogen-bond acceptors (Lipinski definition) is 6. The normalized spacial score (nSPS) is 12.6. The molecule has 0 aliphatic rings. The molecule has 1 atom stereocenters. The maximum absolute atomic E-state index is 13.0. The fourth-order valence-electron chi connectivity index (χ4n) is 10.5. The quantitative estimate of drug-likeness (QED) is 0.0261. The molecule has 6 nitrogen and oxygen atoms in total. The summed E-state index contributed by atoms with van der Waals surface area (Å²) in [5, 5.41) is 0. The second-order valence-corrected chi connectivity index (χ2v) is 24.1. The molecule has 0 aromatic heterocycles. The zero-order chi connectivity index (χ0) is 59.9. The molecule has 6 heteroatoms. The summed E-state index contributed by atoms with van der Waals surface area (Å²) in [5.74, 6) is -0.861. The van der Waals surface area contributed by atoms with Crippen LogP contribution in [0.5, 0.6) is 0 Å². The highest BCUT2D eigenvalue weighted by Gasteiger charge is 2.19. The third-order valence-electron chi connectivity index (χ3n) is 15.9. The lowest BCUT2D eigenvalue weighted by Gasteiger charge is -2.18. The van der Waals surface area contributed by atoms with E-state index in [9.17, 15) is 14.4 Å². The smallest absolute Gasteiger partial charge is 0.306 e. The van der Waals surface area contributed by atoms with Crippen LogP contribution >= 0.6 is 0 Å². The summed E-state index contributed by atoms with van der Waals surface area (Å²) >= 11 is 0. The van der Waals surface area contributed by atoms with Crippen LogP contribution in [0.2, 0.25) is 0 Å². The largest absolute Gasteiger partial charge is 0.462 e. The van der Waals surface area contributed by atoms with Crippen molar-refractivity contribution in [3.8, 4) is 0 Å². The van der Waals surface area contributed by atoms with Crippen LogP contribution in [0.25, 0.3) is 0 Å². The average Bonchev–Trinajstić information content (AvgIpc) is 3.49. The summed E-state index contributed by atoms with van der Waals surface area (Å²) in [5.41, 5.74) is 0. The molecule has 0 heterocycles. The number of carbonyl (C=O) groups is 3. The van der Waals surface area contributed by atoms with Crippen molar-refractivity contribution in [2.45, 2.75) is 374 Å².